The second kappa shape index (κ2) is 10.4. The smallest absolute Gasteiger partial charge is 0.168 e. The molecule has 2 heterocycles. The summed E-state index contributed by atoms with van der Waals surface area (Å²) in [5.41, 5.74) is 3.53. The Hall–Kier alpha value is -2.52. The van der Waals surface area contributed by atoms with Crippen molar-refractivity contribution in [3.63, 3.8) is 0 Å². The summed E-state index contributed by atoms with van der Waals surface area (Å²) in [6.07, 6.45) is 0.411. The van der Waals surface area contributed by atoms with Crippen LogP contribution < -0.4 is 18.9 Å². The number of hydrogen-bond acceptors (Lipinski definition) is 8. The van der Waals surface area contributed by atoms with E-state index in [1.54, 1.807) is 28.4 Å². The average Bonchev–Trinajstić information content (AvgIpc) is 3.73. The van der Waals surface area contributed by atoms with Gasteiger partial charge in [-0.2, -0.15) is 0 Å². The fourth-order valence-corrected chi connectivity index (χ4v) is 3.55. The van der Waals surface area contributed by atoms with Crippen LogP contribution in [0.1, 0.15) is 11.1 Å². The van der Waals surface area contributed by atoms with Crippen LogP contribution in [0.3, 0.4) is 0 Å². The molecule has 2 atom stereocenters. The lowest BCUT2D eigenvalue weighted by molar-refractivity contribution is 0.104. The Balaban J connectivity index is 1.70. The largest absolute Gasteiger partial charge is 0.493 e. The van der Waals surface area contributed by atoms with Gasteiger partial charge < -0.3 is 37.9 Å². The van der Waals surface area contributed by atoms with E-state index in [2.05, 4.69) is 0 Å². The summed E-state index contributed by atoms with van der Waals surface area (Å²) < 4.78 is 44.8. The van der Waals surface area contributed by atoms with Crippen molar-refractivity contribution in [2.45, 2.75) is 25.4 Å². The van der Waals surface area contributed by atoms with E-state index in [4.69, 9.17) is 37.9 Å². The van der Waals surface area contributed by atoms with Crippen LogP contribution in [0.25, 0.3) is 11.1 Å². The molecule has 0 amide bonds. The molecule has 8 heteroatoms. The molecule has 2 aliphatic rings. The number of epoxide rings is 2. The number of methoxy groups -OCH3 is 4. The molecular formula is C24H30O8. The first-order valence-electron chi connectivity index (χ1n) is 10.6. The molecular weight excluding hydrogens is 416 g/mol. The van der Waals surface area contributed by atoms with Crippen molar-refractivity contribution in [2.75, 3.05) is 54.9 Å². The molecule has 8 nitrogen and oxygen atoms in total. The molecule has 0 spiro atoms. The Bertz CT molecular complexity index is 845. The lowest BCUT2D eigenvalue weighted by Gasteiger charge is -2.20. The van der Waals surface area contributed by atoms with Crippen molar-refractivity contribution in [3.8, 4) is 34.1 Å². The zero-order valence-electron chi connectivity index (χ0n) is 19.0. The Kier molecular flexibility index (Phi) is 7.36. The van der Waals surface area contributed by atoms with Gasteiger partial charge in [-0.05, 0) is 35.4 Å². The summed E-state index contributed by atoms with van der Waals surface area (Å²) in [4.78, 5) is 0. The van der Waals surface area contributed by atoms with Gasteiger partial charge >= 0.3 is 0 Å². The van der Waals surface area contributed by atoms with Crippen LogP contribution in [0, 0.1) is 0 Å². The minimum absolute atomic E-state index is 0.205. The van der Waals surface area contributed by atoms with Crippen molar-refractivity contribution in [1.82, 2.24) is 0 Å². The van der Waals surface area contributed by atoms with Crippen LogP contribution >= 0.6 is 0 Å². The van der Waals surface area contributed by atoms with Gasteiger partial charge in [0, 0.05) is 11.1 Å². The summed E-state index contributed by atoms with van der Waals surface area (Å²) in [5.74, 6) is 2.43. The Labute approximate surface area is 188 Å². The number of hydrogen-bond donors (Lipinski definition) is 0. The number of rotatable bonds is 13. The highest BCUT2D eigenvalue weighted by Crippen LogP contribution is 2.46. The molecule has 0 saturated carbocycles. The van der Waals surface area contributed by atoms with E-state index in [0.29, 0.717) is 49.4 Å². The molecule has 2 unspecified atom stereocenters. The molecule has 2 aromatic carbocycles. The van der Waals surface area contributed by atoms with Crippen molar-refractivity contribution in [1.29, 1.82) is 0 Å². The predicted octanol–water partition coefficient (Wildman–Crippen LogP) is 3.22. The molecule has 2 aliphatic heterocycles. The molecule has 0 aromatic heterocycles. The first-order valence-corrected chi connectivity index (χ1v) is 10.6. The van der Waals surface area contributed by atoms with E-state index in [1.165, 1.54) is 0 Å². The third-order valence-corrected chi connectivity index (χ3v) is 5.32. The van der Waals surface area contributed by atoms with Crippen LogP contribution in [-0.4, -0.2) is 67.1 Å². The Morgan fingerprint density at radius 2 is 1.06 bits per heavy atom. The van der Waals surface area contributed by atoms with E-state index in [-0.39, 0.29) is 12.2 Å². The highest BCUT2D eigenvalue weighted by atomic mass is 16.6. The SMILES string of the molecule is COc1cc(COCC2CO2)cc(-c2cc(COCC3CO3)cc(OC)c2OC)c1OC. The molecule has 174 valence electrons. The monoisotopic (exact) mass is 446 g/mol. The minimum Gasteiger partial charge on any atom is -0.493 e. The summed E-state index contributed by atoms with van der Waals surface area (Å²) in [6.45, 7) is 3.51. The van der Waals surface area contributed by atoms with Crippen LogP contribution in [0.2, 0.25) is 0 Å². The van der Waals surface area contributed by atoms with Gasteiger partial charge in [-0.3, -0.25) is 0 Å². The van der Waals surface area contributed by atoms with Gasteiger partial charge in [0.25, 0.3) is 0 Å². The normalized spacial score (nSPS) is 18.9. The second-order valence-electron chi connectivity index (χ2n) is 7.70. The van der Waals surface area contributed by atoms with E-state index in [1.807, 2.05) is 24.3 Å². The van der Waals surface area contributed by atoms with E-state index >= 15 is 0 Å². The van der Waals surface area contributed by atoms with Crippen LogP contribution in [0.15, 0.2) is 24.3 Å². The molecule has 0 radical (unpaired) electrons. The fourth-order valence-electron chi connectivity index (χ4n) is 3.55. The van der Waals surface area contributed by atoms with Gasteiger partial charge in [0.15, 0.2) is 23.0 Å². The molecule has 0 aliphatic carbocycles. The topological polar surface area (TPSA) is 80.4 Å². The van der Waals surface area contributed by atoms with Gasteiger partial charge in [-0.25, -0.2) is 0 Å². The maximum atomic E-state index is 5.80. The Morgan fingerprint density at radius 1 is 0.656 bits per heavy atom. The molecule has 0 N–H and O–H groups in total. The van der Waals surface area contributed by atoms with Crippen LogP contribution in [-0.2, 0) is 32.2 Å². The zero-order valence-corrected chi connectivity index (χ0v) is 19.0. The summed E-state index contributed by atoms with van der Waals surface area (Å²) in [7, 11) is 6.47. The fraction of sp³-hybridized carbons (Fsp3) is 0.500. The first-order chi connectivity index (χ1) is 15.7. The molecule has 2 saturated heterocycles. The zero-order chi connectivity index (χ0) is 22.5. The molecule has 4 rings (SSSR count). The van der Waals surface area contributed by atoms with Gasteiger partial charge in [0.05, 0.1) is 68.1 Å². The van der Waals surface area contributed by atoms with Gasteiger partial charge in [-0.1, -0.05) is 0 Å². The molecule has 0 bridgehead atoms. The first kappa shape index (κ1) is 22.7. The highest BCUT2D eigenvalue weighted by molar-refractivity contribution is 5.81. The summed E-state index contributed by atoms with van der Waals surface area (Å²) >= 11 is 0. The maximum Gasteiger partial charge on any atom is 0.168 e. The van der Waals surface area contributed by atoms with Crippen LogP contribution in [0.4, 0.5) is 0 Å². The third kappa shape index (κ3) is 5.45. The second-order valence-corrected chi connectivity index (χ2v) is 7.70. The van der Waals surface area contributed by atoms with Crippen molar-refractivity contribution in [3.05, 3.63) is 35.4 Å². The standard InChI is InChI=1S/C24H30O8/c1-25-21-7-15(9-29-11-17-13-31-17)5-19(23(21)27-3)20-6-16(10-30-12-18-14-32-18)8-22(26-2)24(20)28-4/h5-8,17-18H,9-14H2,1-4H3. The van der Waals surface area contributed by atoms with Gasteiger partial charge in [0.2, 0.25) is 0 Å². The average molecular weight is 446 g/mol. The molecule has 2 aromatic rings. The van der Waals surface area contributed by atoms with Crippen molar-refractivity contribution >= 4 is 0 Å². The quantitative estimate of drug-likeness (QED) is 0.434. The van der Waals surface area contributed by atoms with Gasteiger partial charge in [0.1, 0.15) is 12.2 Å². The number of ether oxygens (including phenoxy) is 8. The summed E-state index contributed by atoms with van der Waals surface area (Å²) in [6, 6.07) is 7.88. The molecule has 2 fully saturated rings. The van der Waals surface area contributed by atoms with E-state index < -0.39 is 0 Å². The van der Waals surface area contributed by atoms with Crippen molar-refractivity contribution < 1.29 is 37.9 Å². The predicted molar refractivity (Wildman–Crippen MR) is 117 cm³/mol. The van der Waals surface area contributed by atoms with Crippen LogP contribution in [0.5, 0.6) is 23.0 Å². The maximum absolute atomic E-state index is 5.80. The van der Waals surface area contributed by atoms with E-state index in [9.17, 15) is 0 Å². The third-order valence-electron chi connectivity index (χ3n) is 5.32. The lowest BCUT2D eigenvalue weighted by atomic mass is 9.97. The highest BCUT2D eigenvalue weighted by Gasteiger charge is 2.25. The molecule has 32 heavy (non-hydrogen) atoms. The summed E-state index contributed by atoms with van der Waals surface area (Å²) in [5, 5.41) is 0. The van der Waals surface area contributed by atoms with E-state index in [0.717, 1.165) is 35.5 Å². The lowest BCUT2D eigenvalue weighted by Crippen LogP contribution is -2.04. The Morgan fingerprint density at radius 3 is 1.38 bits per heavy atom. The van der Waals surface area contributed by atoms with Crippen molar-refractivity contribution in [2.24, 2.45) is 0 Å². The van der Waals surface area contributed by atoms with Gasteiger partial charge in [-0.15, -0.1) is 0 Å². The number of benzene rings is 2. The minimum atomic E-state index is 0.205.